The van der Waals surface area contributed by atoms with Crippen molar-refractivity contribution in [3.05, 3.63) is 12.7 Å². The third kappa shape index (κ3) is 5.78. The van der Waals surface area contributed by atoms with E-state index in [4.69, 9.17) is 29.0 Å². The quantitative estimate of drug-likeness (QED) is 0.390. The Balaban J connectivity index is 0.000000292. The minimum atomic E-state index is 0.194. The van der Waals surface area contributed by atoms with Crippen molar-refractivity contribution in [2.24, 2.45) is 5.84 Å². The van der Waals surface area contributed by atoms with Crippen molar-refractivity contribution < 1.29 is 0 Å². The zero-order chi connectivity index (χ0) is 8.53. The number of nitrogens with one attached hydrogen (secondary N) is 1. The molecule has 1 aromatic heterocycles. The maximum absolute atomic E-state index is 4.95. The molecule has 0 bridgehead atoms. The molecule has 0 aliphatic rings. The smallest absolute Gasteiger partial charge is 0.240 e. The first-order chi connectivity index (χ1) is 5.35. The molecule has 0 saturated carbocycles. The summed E-state index contributed by atoms with van der Waals surface area (Å²) in [6, 6.07) is 0. The number of nitrogen functional groups attached to an aromatic ring is 1. The maximum Gasteiger partial charge on any atom is 0.240 e. The first-order valence-corrected chi connectivity index (χ1v) is 3.62. The van der Waals surface area contributed by atoms with Crippen molar-refractivity contribution in [2.75, 3.05) is 10.8 Å². The number of rotatable bonds is 1. The van der Waals surface area contributed by atoms with Gasteiger partial charge in [-0.05, 0) is 0 Å². The van der Waals surface area contributed by atoms with Crippen LogP contribution in [0.15, 0.2) is 12.7 Å². The Kier molecular flexibility index (Phi) is 7.02. The van der Waals surface area contributed by atoms with Gasteiger partial charge in [0.2, 0.25) is 5.95 Å². The number of aromatic nitrogens is 3. The fourth-order valence-corrected chi connectivity index (χ4v) is 0.314. The molecule has 0 atom stereocenters. The van der Waals surface area contributed by atoms with Crippen LogP contribution in [0.4, 0.5) is 5.95 Å². The van der Waals surface area contributed by atoms with Crippen molar-refractivity contribution in [2.45, 2.75) is 0 Å². The average Bonchev–Trinajstić information content (AvgIpc) is 2.08. The molecule has 3 N–H and O–H groups in total. The fraction of sp³-hybridized carbons (Fsp3) is 0.250. The van der Waals surface area contributed by atoms with Gasteiger partial charge in [-0.3, -0.25) is 5.43 Å². The Morgan fingerprint density at radius 2 is 1.82 bits per heavy atom. The van der Waals surface area contributed by atoms with Crippen LogP contribution in [0, 0.1) is 0 Å². The largest absolute Gasteiger partial charge is 0.292 e. The van der Waals surface area contributed by atoms with E-state index in [0.29, 0.717) is 5.95 Å². The van der Waals surface area contributed by atoms with Gasteiger partial charge in [-0.1, -0.05) is 0 Å². The number of nitrogens with two attached hydrogens (primary N) is 1. The number of halogens is 2. The lowest BCUT2D eigenvalue weighted by Gasteiger charge is -1.90. The molecule has 7 heteroatoms. The zero-order valence-corrected chi connectivity index (χ0v) is 7.05. The Bertz CT molecular complexity index is 169. The van der Waals surface area contributed by atoms with Crippen molar-refractivity contribution in [1.29, 1.82) is 0 Å². The van der Waals surface area contributed by atoms with Gasteiger partial charge in [0, 0.05) is 0 Å². The first-order valence-electron chi connectivity index (χ1n) is 2.55. The van der Waals surface area contributed by atoms with Crippen molar-refractivity contribution in [1.82, 2.24) is 15.0 Å². The number of hydrazine groups is 1. The van der Waals surface area contributed by atoms with Crippen LogP contribution in [0.3, 0.4) is 0 Å². The number of anilines is 1. The molecular formula is C4H7Cl2N5. The van der Waals surface area contributed by atoms with E-state index in [1.165, 1.54) is 12.7 Å². The third-order valence-corrected chi connectivity index (χ3v) is 0.622. The van der Waals surface area contributed by atoms with Crippen LogP contribution in [0.25, 0.3) is 0 Å². The van der Waals surface area contributed by atoms with E-state index in [0.717, 1.165) is 0 Å². The number of hydrogen-bond acceptors (Lipinski definition) is 5. The van der Waals surface area contributed by atoms with E-state index in [1.807, 2.05) is 0 Å². The van der Waals surface area contributed by atoms with Crippen molar-refractivity contribution >= 4 is 29.2 Å². The third-order valence-electron chi connectivity index (χ3n) is 0.622. The molecule has 1 aromatic rings. The summed E-state index contributed by atoms with van der Waals surface area (Å²) in [7, 11) is 0. The SMILES string of the molecule is ClCCl.NNc1ncncn1. The highest BCUT2D eigenvalue weighted by Gasteiger charge is 1.82. The van der Waals surface area contributed by atoms with Crippen LogP contribution in [0.2, 0.25) is 0 Å². The molecule has 1 heterocycles. The summed E-state index contributed by atoms with van der Waals surface area (Å²) in [5, 5.41) is 0.194. The Morgan fingerprint density at radius 3 is 2.09 bits per heavy atom. The normalized spacial score (nSPS) is 7.91. The summed E-state index contributed by atoms with van der Waals surface area (Å²) >= 11 is 9.53. The summed E-state index contributed by atoms with van der Waals surface area (Å²) in [4.78, 5) is 10.9. The molecule has 0 aliphatic heterocycles. The zero-order valence-electron chi connectivity index (χ0n) is 5.54. The van der Waals surface area contributed by atoms with E-state index >= 15 is 0 Å². The van der Waals surface area contributed by atoms with E-state index in [2.05, 4.69) is 20.4 Å². The lowest BCUT2D eigenvalue weighted by Crippen LogP contribution is -2.09. The molecule has 0 spiro atoms. The summed E-state index contributed by atoms with van der Waals surface area (Å²) in [5.74, 6) is 5.32. The standard InChI is InChI=1S/C3H5N5.CH2Cl2/c4-8-3-6-1-5-2-7-3;2-1-3/h1-2H,4H2,(H,5,6,7,8);1H2. The van der Waals surface area contributed by atoms with Gasteiger partial charge in [-0.15, -0.1) is 23.2 Å². The Labute approximate surface area is 73.9 Å². The van der Waals surface area contributed by atoms with Gasteiger partial charge in [0.15, 0.2) is 0 Å². The van der Waals surface area contributed by atoms with Gasteiger partial charge in [0.1, 0.15) is 12.7 Å². The van der Waals surface area contributed by atoms with Gasteiger partial charge in [-0.2, -0.15) is 0 Å². The van der Waals surface area contributed by atoms with E-state index in [-0.39, 0.29) is 5.34 Å². The van der Waals surface area contributed by atoms with E-state index < -0.39 is 0 Å². The lowest BCUT2D eigenvalue weighted by atomic mass is 11.0. The fourth-order valence-electron chi connectivity index (χ4n) is 0.314. The average molecular weight is 196 g/mol. The molecule has 0 radical (unpaired) electrons. The predicted molar refractivity (Wildman–Crippen MR) is 44.2 cm³/mol. The van der Waals surface area contributed by atoms with E-state index in [9.17, 15) is 0 Å². The summed E-state index contributed by atoms with van der Waals surface area (Å²) < 4.78 is 0. The number of alkyl halides is 2. The van der Waals surface area contributed by atoms with Crippen LogP contribution in [-0.2, 0) is 0 Å². The highest BCUT2D eigenvalue weighted by Crippen LogP contribution is 1.84. The van der Waals surface area contributed by atoms with Crippen molar-refractivity contribution in [3.63, 3.8) is 0 Å². The minimum Gasteiger partial charge on any atom is -0.292 e. The van der Waals surface area contributed by atoms with Crippen LogP contribution in [0.5, 0.6) is 0 Å². The molecule has 0 aliphatic carbocycles. The second-order valence-electron chi connectivity index (χ2n) is 1.21. The second kappa shape index (κ2) is 7.46. The first kappa shape index (κ1) is 10.3. The molecule has 0 unspecified atom stereocenters. The molecule has 0 amide bonds. The molecule has 0 saturated heterocycles. The molecule has 0 fully saturated rings. The van der Waals surface area contributed by atoms with Crippen LogP contribution in [-0.4, -0.2) is 20.3 Å². The Hall–Kier alpha value is -0.650. The van der Waals surface area contributed by atoms with Gasteiger partial charge in [0.25, 0.3) is 0 Å². The highest BCUT2D eigenvalue weighted by atomic mass is 35.5. The summed E-state index contributed by atoms with van der Waals surface area (Å²) in [5.41, 5.74) is 2.26. The van der Waals surface area contributed by atoms with Gasteiger partial charge in [0.05, 0.1) is 5.34 Å². The lowest BCUT2D eigenvalue weighted by molar-refractivity contribution is 1.03. The second-order valence-corrected chi connectivity index (χ2v) is 2.02. The minimum absolute atomic E-state index is 0.194. The summed E-state index contributed by atoms with van der Waals surface area (Å²) in [6.45, 7) is 0. The number of hydrogen-bond donors (Lipinski definition) is 2. The molecular weight excluding hydrogens is 189 g/mol. The van der Waals surface area contributed by atoms with Gasteiger partial charge < -0.3 is 0 Å². The summed E-state index contributed by atoms with van der Waals surface area (Å²) in [6.07, 6.45) is 2.73. The topological polar surface area (TPSA) is 76.7 Å². The predicted octanol–water partition coefficient (Wildman–Crippen LogP) is 0.579. The van der Waals surface area contributed by atoms with Crippen LogP contribution >= 0.6 is 23.2 Å². The molecule has 11 heavy (non-hydrogen) atoms. The van der Waals surface area contributed by atoms with Gasteiger partial charge >= 0.3 is 0 Å². The molecule has 62 valence electrons. The van der Waals surface area contributed by atoms with E-state index in [1.54, 1.807) is 0 Å². The van der Waals surface area contributed by atoms with Crippen LogP contribution < -0.4 is 11.3 Å². The Morgan fingerprint density at radius 1 is 1.36 bits per heavy atom. The number of nitrogens with zero attached hydrogens (tertiary/aromatic N) is 3. The highest BCUT2D eigenvalue weighted by molar-refractivity contribution is 6.40. The van der Waals surface area contributed by atoms with Gasteiger partial charge in [-0.25, -0.2) is 20.8 Å². The monoisotopic (exact) mass is 195 g/mol. The van der Waals surface area contributed by atoms with Crippen LogP contribution in [0.1, 0.15) is 0 Å². The maximum atomic E-state index is 4.95. The molecule has 0 aromatic carbocycles. The van der Waals surface area contributed by atoms with Crippen molar-refractivity contribution in [3.8, 4) is 0 Å². The molecule has 5 nitrogen and oxygen atoms in total. The molecule has 1 rings (SSSR count).